The van der Waals surface area contributed by atoms with E-state index in [-0.39, 0.29) is 47.3 Å². The molecule has 3 aliphatic rings. The number of aromatic hydroxyl groups is 5. The first-order valence-electron chi connectivity index (χ1n) is 13.0. The van der Waals surface area contributed by atoms with E-state index in [4.69, 9.17) is 18.9 Å². The average Bonchev–Trinajstić information content (AvgIpc) is 2.95. The second-order valence-corrected chi connectivity index (χ2v) is 10.5. The molecule has 3 heterocycles. The van der Waals surface area contributed by atoms with E-state index >= 15 is 0 Å². The average molecular weight is 559 g/mol. The summed E-state index contributed by atoms with van der Waals surface area (Å²) in [5.74, 6) is -1.76. The largest absolute Gasteiger partial charge is 0.507 e. The maximum atomic E-state index is 11.1. The van der Waals surface area contributed by atoms with Crippen molar-refractivity contribution in [2.75, 3.05) is 7.11 Å². The number of benzene rings is 4. The van der Waals surface area contributed by atoms with Crippen molar-refractivity contribution < 1.29 is 49.6 Å². The van der Waals surface area contributed by atoms with Gasteiger partial charge in [-0.3, -0.25) is 0 Å². The third-order valence-corrected chi connectivity index (χ3v) is 8.08. The van der Waals surface area contributed by atoms with Gasteiger partial charge in [0.25, 0.3) is 5.79 Å². The minimum atomic E-state index is -1.46. The van der Waals surface area contributed by atoms with Crippen LogP contribution in [0.3, 0.4) is 0 Å². The van der Waals surface area contributed by atoms with E-state index in [9.17, 15) is 30.6 Å². The number of phenolic OH excluding ortho intramolecular Hbond substituents is 5. The molecule has 3 aliphatic heterocycles. The minimum Gasteiger partial charge on any atom is -0.507 e. The second kappa shape index (κ2) is 8.77. The van der Waals surface area contributed by atoms with Gasteiger partial charge in [-0.2, -0.15) is 0 Å². The van der Waals surface area contributed by atoms with E-state index in [2.05, 4.69) is 0 Å². The predicted octanol–water partition coefficient (Wildman–Crippen LogP) is 4.42. The minimum absolute atomic E-state index is 0.0614. The van der Waals surface area contributed by atoms with Crippen molar-refractivity contribution in [3.8, 4) is 51.7 Å². The molecule has 0 saturated heterocycles. The fourth-order valence-corrected chi connectivity index (χ4v) is 6.11. The van der Waals surface area contributed by atoms with Crippen molar-refractivity contribution in [2.45, 2.75) is 36.8 Å². The summed E-state index contributed by atoms with van der Waals surface area (Å²) < 4.78 is 25.1. The van der Waals surface area contributed by atoms with Crippen LogP contribution < -0.4 is 18.9 Å². The standard InChI is InChI=1S/C31H26O10/c1-38-25-4-2-3-16-18-13-31(41-29(16)25,15-6-8-20(33)23(36)10-15)40-26-12-21(34)17-11-24(37)28(39-30(17)27(18)26)14-5-7-19(32)22(35)9-14/h2-10,12,18,24,28,32-37H,11,13H2,1H3/t18-,24-,28+,31+/m0/s1. The molecule has 0 fully saturated rings. The summed E-state index contributed by atoms with van der Waals surface area (Å²) in [5, 5.41) is 62.2. The molecule has 7 rings (SSSR count). The highest BCUT2D eigenvalue weighted by Crippen LogP contribution is 2.61. The zero-order valence-electron chi connectivity index (χ0n) is 21.7. The van der Waals surface area contributed by atoms with Crippen LogP contribution in [0, 0.1) is 0 Å². The lowest BCUT2D eigenvalue weighted by Gasteiger charge is -2.47. The second-order valence-electron chi connectivity index (χ2n) is 10.5. The van der Waals surface area contributed by atoms with Crippen molar-refractivity contribution in [1.29, 1.82) is 0 Å². The number of aliphatic hydroxyl groups excluding tert-OH is 1. The number of hydrogen-bond acceptors (Lipinski definition) is 10. The number of ether oxygens (including phenoxy) is 4. The van der Waals surface area contributed by atoms with Crippen LogP contribution in [0.2, 0.25) is 0 Å². The number of methoxy groups -OCH3 is 1. The molecule has 0 aromatic heterocycles. The van der Waals surface area contributed by atoms with Crippen LogP contribution in [0.4, 0.5) is 0 Å². The van der Waals surface area contributed by atoms with Crippen LogP contribution in [0.5, 0.6) is 51.7 Å². The normalized spacial score (nSPS) is 23.6. The number of phenols is 5. The van der Waals surface area contributed by atoms with Gasteiger partial charge < -0.3 is 49.6 Å². The lowest BCUT2D eigenvalue weighted by atomic mass is 9.76. The molecule has 10 heteroatoms. The van der Waals surface area contributed by atoms with Gasteiger partial charge in [0.2, 0.25) is 0 Å². The number of hydrogen-bond donors (Lipinski definition) is 6. The molecule has 210 valence electrons. The molecule has 0 unspecified atom stereocenters. The predicted molar refractivity (Wildman–Crippen MR) is 143 cm³/mol. The van der Waals surface area contributed by atoms with Crippen LogP contribution in [0.25, 0.3) is 0 Å². The zero-order chi connectivity index (χ0) is 28.6. The van der Waals surface area contributed by atoms with Gasteiger partial charge in [-0.05, 0) is 42.0 Å². The zero-order valence-corrected chi connectivity index (χ0v) is 21.7. The maximum absolute atomic E-state index is 11.1. The van der Waals surface area contributed by atoms with E-state index in [1.54, 1.807) is 18.2 Å². The Balaban J connectivity index is 1.44. The lowest BCUT2D eigenvalue weighted by Crippen LogP contribution is -2.47. The smallest absolute Gasteiger partial charge is 0.279 e. The van der Waals surface area contributed by atoms with E-state index in [1.807, 2.05) is 12.1 Å². The van der Waals surface area contributed by atoms with Gasteiger partial charge in [-0.25, -0.2) is 0 Å². The molecule has 0 radical (unpaired) electrons. The molecule has 4 atom stereocenters. The van der Waals surface area contributed by atoms with Gasteiger partial charge in [0.15, 0.2) is 34.5 Å². The summed E-state index contributed by atoms with van der Waals surface area (Å²) in [6.45, 7) is 0. The molecule has 0 saturated carbocycles. The molecule has 0 amide bonds. The number of rotatable bonds is 3. The Hall–Kier alpha value is -4.96. The summed E-state index contributed by atoms with van der Waals surface area (Å²) >= 11 is 0. The Kier molecular flexibility index (Phi) is 5.36. The van der Waals surface area contributed by atoms with E-state index in [0.29, 0.717) is 39.5 Å². The molecule has 4 aromatic rings. The van der Waals surface area contributed by atoms with Crippen LogP contribution in [-0.4, -0.2) is 43.9 Å². The highest BCUT2D eigenvalue weighted by Gasteiger charge is 2.53. The fraction of sp³-hybridized carbons (Fsp3) is 0.226. The Morgan fingerprint density at radius 3 is 2.29 bits per heavy atom. The molecule has 2 bridgehead atoms. The van der Waals surface area contributed by atoms with Crippen LogP contribution in [0.1, 0.15) is 46.3 Å². The summed E-state index contributed by atoms with van der Waals surface area (Å²) in [6.07, 6.45) is -1.66. The number of para-hydroxylation sites is 1. The number of aliphatic hydroxyl groups is 1. The summed E-state index contributed by atoms with van der Waals surface area (Å²) in [5.41, 5.74) is 2.70. The molecule has 0 aliphatic carbocycles. The molecular formula is C31H26O10. The topological polar surface area (TPSA) is 158 Å². The van der Waals surface area contributed by atoms with Crippen LogP contribution in [-0.2, 0) is 12.2 Å². The molecule has 41 heavy (non-hydrogen) atoms. The molecule has 10 nitrogen and oxygen atoms in total. The summed E-state index contributed by atoms with van der Waals surface area (Å²) in [4.78, 5) is 0. The van der Waals surface area contributed by atoms with Gasteiger partial charge in [0.05, 0.1) is 13.2 Å². The summed E-state index contributed by atoms with van der Waals surface area (Å²) in [7, 11) is 1.53. The SMILES string of the molecule is COc1cccc2c1O[C@@]1(c3ccc(O)c(O)c3)C[C@@H]2c2c(cc(O)c3c2O[C@H](c2ccc(O)c(O)c2)[C@@H](O)C3)O1. The van der Waals surface area contributed by atoms with Crippen molar-refractivity contribution in [3.63, 3.8) is 0 Å². The maximum Gasteiger partial charge on any atom is 0.279 e. The van der Waals surface area contributed by atoms with Crippen LogP contribution in [0.15, 0.2) is 60.7 Å². The number of fused-ring (bicyclic) bond motifs is 8. The van der Waals surface area contributed by atoms with Gasteiger partial charge >= 0.3 is 0 Å². The Morgan fingerprint density at radius 2 is 1.56 bits per heavy atom. The quantitative estimate of drug-likeness (QED) is 0.199. The van der Waals surface area contributed by atoms with Gasteiger partial charge in [-0.15, -0.1) is 0 Å². The van der Waals surface area contributed by atoms with Gasteiger partial charge in [0, 0.05) is 47.1 Å². The highest BCUT2D eigenvalue weighted by atomic mass is 16.7. The Bertz CT molecular complexity index is 1720. The molecule has 6 N–H and O–H groups in total. The first-order valence-corrected chi connectivity index (χ1v) is 13.0. The van der Waals surface area contributed by atoms with Crippen molar-refractivity contribution in [2.24, 2.45) is 0 Å². The third-order valence-electron chi connectivity index (χ3n) is 8.08. The highest BCUT2D eigenvalue weighted by molar-refractivity contribution is 5.66. The Morgan fingerprint density at radius 1 is 0.805 bits per heavy atom. The van der Waals surface area contributed by atoms with Gasteiger partial charge in [0.1, 0.15) is 23.4 Å². The van der Waals surface area contributed by atoms with Crippen LogP contribution >= 0.6 is 0 Å². The van der Waals surface area contributed by atoms with E-state index in [1.165, 1.54) is 37.4 Å². The van der Waals surface area contributed by atoms with Gasteiger partial charge in [-0.1, -0.05) is 18.2 Å². The molecule has 0 spiro atoms. The van der Waals surface area contributed by atoms with Crippen molar-refractivity contribution in [3.05, 3.63) is 88.5 Å². The van der Waals surface area contributed by atoms with E-state index in [0.717, 1.165) is 5.56 Å². The van der Waals surface area contributed by atoms with E-state index < -0.39 is 23.9 Å². The first-order chi connectivity index (χ1) is 19.7. The Labute approximate surface area is 233 Å². The van der Waals surface area contributed by atoms with Crippen molar-refractivity contribution >= 4 is 0 Å². The molecular weight excluding hydrogens is 532 g/mol. The lowest BCUT2D eigenvalue weighted by molar-refractivity contribution is -0.150. The molecule has 4 aromatic carbocycles. The fourth-order valence-electron chi connectivity index (χ4n) is 6.11. The van der Waals surface area contributed by atoms with Crippen molar-refractivity contribution in [1.82, 2.24) is 0 Å². The first kappa shape index (κ1) is 25.0. The summed E-state index contributed by atoms with van der Waals surface area (Å²) in [6, 6.07) is 15.5. The third kappa shape index (κ3) is 3.67. The monoisotopic (exact) mass is 558 g/mol.